The first-order chi connectivity index (χ1) is 23.3. The second-order valence-electron chi connectivity index (χ2n) is 15.5. The third kappa shape index (κ3) is 24.9. The van der Waals surface area contributed by atoms with E-state index in [4.69, 9.17) is 4.74 Å². The molecule has 3 unspecified atom stereocenters. The third-order valence-corrected chi connectivity index (χ3v) is 7.32. The first-order valence-corrected chi connectivity index (χ1v) is 18.9. The maximum Gasteiger partial charge on any atom is 0.325 e. The number of urea groups is 1. The number of likely N-dealkylation sites (N-methyl/N-ethyl adjacent to an activating group) is 1. The van der Waals surface area contributed by atoms with Crippen LogP contribution in [0.25, 0.3) is 0 Å². The predicted octanol–water partition coefficient (Wildman–Crippen LogP) is 5.91. The number of Topliss-reactive ketones (excluding diaryl/α,β-unsaturated/α-hetero) is 1. The topological polar surface area (TPSA) is 163 Å². The zero-order chi connectivity index (χ0) is 38.9. The number of unbranched alkanes of at least 4 members (excludes halogenated alkanes) is 1. The fourth-order valence-electron chi connectivity index (χ4n) is 5.20. The van der Waals surface area contributed by atoms with Crippen molar-refractivity contribution in [1.82, 2.24) is 26.2 Å². The van der Waals surface area contributed by atoms with E-state index >= 15 is 0 Å². The first kappa shape index (κ1) is 48.9. The standard InChI is InChI=1S/C20H35N3O4.C10H18N2O3.2C4H10/c1-14-9-8-12-23(14)18(25)17(15-10-6-5-7-11-15)22-19(26)21-13-16(24)27-20(2,3)4;1-3-5-6-8(12-7-13)9(14)10(15)11-4-2;2*1-4(2)3/h14-15,17H,5-13H2,1-4H3,(H2,21,22,26);7-8H,3-6H2,1-2H3,(H,11,15)(H,12,13);2*4H,1-3H3. The molecule has 2 rings (SSSR count). The van der Waals surface area contributed by atoms with Gasteiger partial charge in [0.2, 0.25) is 18.1 Å². The lowest BCUT2D eigenvalue weighted by atomic mass is 9.83. The molecular weight excluding hydrogens is 638 g/mol. The number of hydrogen-bond donors (Lipinski definition) is 4. The average molecular weight is 712 g/mol. The van der Waals surface area contributed by atoms with E-state index in [1.165, 1.54) is 6.42 Å². The van der Waals surface area contributed by atoms with Crippen LogP contribution < -0.4 is 21.3 Å². The second-order valence-corrected chi connectivity index (χ2v) is 15.5. The van der Waals surface area contributed by atoms with Crippen LogP contribution in [-0.2, 0) is 28.7 Å². The molecular formula is C38H73N5O7. The molecule has 1 heterocycles. The van der Waals surface area contributed by atoms with Gasteiger partial charge in [0.15, 0.2) is 0 Å². The number of hydrogen-bond acceptors (Lipinski definition) is 7. The van der Waals surface area contributed by atoms with Gasteiger partial charge in [-0.3, -0.25) is 24.0 Å². The Morgan fingerprint density at radius 1 is 0.860 bits per heavy atom. The minimum Gasteiger partial charge on any atom is -0.459 e. The monoisotopic (exact) mass is 712 g/mol. The largest absolute Gasteiger partial charge is 0.459 e. The van der Waals surface area contributed by atoms with Crippen LogP contribution in [0.15, 0.2) is 0 Å². The molecule has 1 saturated carbocycles. The van der Waals surface area contributed by atoms with Gasteiger partial charge < -0.3 is 30.9 Å². The van der Waals surface area contributed by atoms with Gasteiger partial charge in [-0.15, -0.1) is 0 Å². The number of ketones is 1. The summed E-state index contributed by atoms with van der Waals surface area (Å²) in [6, 6.07) is -1.48. The van der Waals surface area contributed by atoms with Crippen molar-refractivity contribution in [3.63, 3.8) is 0 Å². The third-order valence-electron chi connectivity index (χ3n) is 7.32. The summed E-state index contributed by atoms with van der Waals surface area (Å²) >= 11 is 0. The number of nitrogens with one attached hydrogen (secondary N) is 4. The minimum atomic E-state index is -0.686. The highest BCUT2D eigenvalue weighted by Crippen LogP contribution is 2.29. The van der Waals surface area contributed by atoms with E-state index in [0.717, 1.165) is 69.7 Å². The van der Waals surface area contributed by atoms with E-state index in [2.05, 4.69) is 69.7 Å². The molecule has 12 nitrogen and oxygen atoms in total. The summed E-state index contributed by atoms with van der Waals surface area (Å²) in [7, 11) is 0. The normalized spacial score (nSPS) is 16.9. The molecule has 0 aromatic carbocycles. The van der Waals surface area contributed by atoms with Crippen LogP contribution >= 0.6 is 0 Å². The van der Waals surface area contributed by atoms with E-state index < -0.39 is 41.4 Å². The number of likely N-dealkylation sites (tertiary alicyclic amines) is 1. The van der Waals surface area contributed by atoms with Crippen molar-refractivity contribution < 1.29 is 33.5 Å². The van der Waals surface area contributed by atoms with Crippen molar-refractivity contribution in [3.05, 3.63) is 0 Å². The molecule has 50 heavy (non-hydrogen) atoms. The highest BCUT2D eigenvalue weighted by atomic mass is 16.6. The summed E-state index contributed by atoms with van der Waals surface area (Å²) in [4.78, 5) is 72.1. The summed E-state index contributed by atoms with van der Waals surface area (Å²) in [5, 5.41) is 10.2. The van der Waals surface area contributed by atoms with Gasteiger partial charge in [0.25, 0.3) is 5.91 Å². The van der Waals surface area contributed by atoms with Gasteiger partial charge in [0.1, 0.15) is 18.2 Å². The van der Waals surface area contributed by atoms with Crippen molar-refractivity contribution in [2.45, 2.75) is 171 Å². The molecule has 12 heteroatoms. The van der Waals surface area contributed by atoms with Gasteiger partial charge >= 0.3 is 12.0 Å². The molecule has 2 fully saturated rings. The van der Waals surface area contributed by atoms with Crippen molar-refractivity contribution in [2.75, 3.05) is 19.6 Å². The fourth-order valence-corrected chi connectivity index (χ4v) is 5.20. The predicted molar refractivity (Wildman–Crippen MR) is 200 cm³/mol. The van der Waals surface area contributed by atoms with Crippen LogP contribution in [0.3, 0.4) is 0 Å². The fraction of sp³-hybridized carbons (Fsp3) is 0.842. The Morgan fingerprint density at radius 2 is 1.42 bits per heavy atom. The van der Waals surface area contributed by atoms with Gasteiger partial charge in [0, 0.05) is 19.1 Å². The van der Waals surface area contributed by atoms with Crippen LogP contribution in [0.1, 0.15) is 147 Å². The Hall–Kier alpha value is -3.18. The van der Waals surface area contributed by atoms with Gasteiger partial charge in [-0.1, -0.05) is 80.6 Å². The van der Waals surface area contributed by atoms with E-state index in [1.54, 1.807) is 27.7 Å². The van der Waals surface area contributed by atoms with Gasteiger partial charge in [0.05, 0.1) is 6.04 Å². The second kappa shape index (κ2) is 27.5. The lowest BCUT2D eigenvalue weighted by Gasteiger charge is -2.34. The van der Waals surface area contributed by atoms with E-state index in [9.17, 15) is 28.8 Å². The minimum absolute atomic E-state index is 0.0133. The molecule has 1 aliphatic heterocycles. The molecule has 3 atom stereocenters. The molecule has 1 aliphatic carbocycles. The molecule has 2 aliphatic rings. The molecule has 5 amide bonds. The molecule has 0 aromatic heterocycles. The Labute approximate surface area is 303 Å². The van der Waals surface area contributed by atoms with Crippen LogP contribution in [0, 0.1) is 17.8 Å². The lowest BCUT2D eigenvalue weighted by molar-refractivity contribution is -0.153. The number of nitrogens with zero attached hydrogens (tertiary/aromatic N) is 1. The number of ether oxygens (including phenoxy) is 1. The summed E-state index contributed by atoms with van der Waals surface area (Å²) in [5.41, 5.74) is -0.596. The van der Waals surface area contributed by atoms with Crippen molar-refractivity contribution in [3.8, 4) is 0 Å². The van der Waals surface area contributed by atoms with Crippen molar-refractivity contribution in [1.29, 1.82) is 0 Å². The number of amides is 5. The SMILES string of the molecule is CC(C)C.CC(C)C.CC1CCCN1C(=O)C(NC(=O)NCC(=O)OC(C)(C)C)C1CCCCC1.CCCCC(NC=O)C(=O)C(=O)NCC. The molecule has 292 valence electrons. The smallest absolute Gasteiger partial charge is 0.325 e. The van der Waals surface area contributed by atoms with Gasteiger partial charge in [-0.25, -0.2) is 4.79 Å². The zero-order valence-corrected chi connectivity index (χ0v) is 33.5. The Kier molecular flexibility index (Phi) is 26.9. The Bertz CT molecular complexity index is 979. The molecule has 0 radical (unpaired) electrons. The Morgan fingerprint density at radius 3 is 1.86 bits per heavy atom. The van der Waals surface area contributed by atoms with E-state index in [1.807, 2.05) is 11.8 Å². The highest BCUT2D eigenvalue weighted by Gasteiger charge is 2.37. The number of esters is 1. The van der Waals surface area contributed by atoms with Crippen LogP contribution in [0.5, 0.6) is 0 Å². The van der Waals surface area contributed by atoms with Gasteiger partial charge in [-0.05, 0) is 84.5 Å². The molecule has 0 bridgehead atoms. The van der Waals surface area contributed by atoms with Crippen molar-refractivity contribution >= 4 is 36.0 Å². The molecule has 1 saturated heterocycles. The summed E-state index contributed by atoms with van der Waals surface area (Å²) < 4.78 is 5.20. The summed E-state index contributed by atoms with van der Waals surface area (Å²) in [6.07, 6.45) is 9.96. The maximum absolute atomic E-state index is 13.1. The highest BCUT2D eigenvalue weighted by molar-refractivity contribution is 6.38. The van der Waals surface area contributed by atoms with Gasteiger partial charge in [-0.2, -0.15) is 0 Å². The number of rotatable bonds is 13. The van der Waals surface area contributed by atoms with E-state index in [0.29, 0.717) is 19.4 Å². The zero-order valence-electron chi connectivity index (χ0n) is 33.5. The molecule has 0 aromatic rings. The van der Waals surface area contributed by atoms with Crippen LogP contribution in [0.2, 0.25) is 0 Å². The lowest BCUT2D eigenvalue weighted by Crippen LogP contribution is -2.56. The molecule has 0 spiro atoms. The average Bonchev–Trinajstić information content (AvgIpc) is 3.45. The number of carbonyl (C=O) groups is 6. The molecule has 4 N–H and O–H groups in total. The first-order valence-electron chi connectivity index (χ1n) is 18.9. The number of carbonyl (C=O) groups excluding carboxylic acids is 6. The van der Waals surface area contributed by atoms with Crippen LogP contribution in [0.4, 0.5) is 4.79 Å². The maximum atomic E-state index is 13.1. The summed E-state index contributed by atoms with van der Waals surface area (Å²) in [6.45, 7) is 25.1. The van der Waals surface area contributed by atoms with Crippen molar-refractivity contribution in [2.24, 2.45) is 17.8 Å². The Balaban J connectivity index is 0. The van der Waals surface area contributed by atoms with E-state index in [-0.39, 0.29) is 24.4 Å². The summed E-state index contributed by atoms with van der Waals surface area (Å²) in [5.74, 6) is 0.141. The van der Waals surface area contributed by atoms with Crippen LogP contribution in [-0.4, -0.2) is 84.3 Å². The quantitative estimate of drug-likeness (QED) is 0.105.